The second-order valence-corrected chi connectivity index (χ2v) is 3.80. The number of nitrogens with zero attached hydrogens (tertiary/aromatic N) is 2. The highest BCUT2D eigenvalue weighted by atomic mass is 19.1. The van der Waals surface area contributed by atoms with Crippen molar-refractivity contribution in [3.05, 3.63) is 17.2 Å². The predicted octanol–water partition coefficient (Wildman–Crippen LogP) is 1.62. The molecule has 0 amide bonds. The van der Waals surface area contributed by atoms with Crippen LogP contribution in [0.5, 0.6) is 0 Å². The molecule has 1 aromatic rings. The van der Waals surface area contributed by atoms with Crippen LogP contribution in [0.25, 0.3) is 0 Å². The minimum Gasteiger partial charge on any atom is -0.478 e. The van der Waals surface area contributed by atoms with Crippen LogP contribution >= 0.6 is 0 Å². The summed E-state index contributed by atoms with van der Waals surface area (Å²) in [6.45, 7) is 1.65. The summed E-state index contributed by atoms with van der Waals surface area (Å²) in [5.74, 6) is -0.999. The molecule has 1 N–H and O–H groups in total. The van der Waals surface area contributed by atoms with Crippen molar-refractivity contribution in [1.82, 2.24) is 9.55 Å². The number of rotatable bonds is 2. The summed E-state index contributed by atoms with van der Waals surface area (Å²) in [4.78, 5) is 14.8. The fourth-order valence-corrected chi connectivity index (χ4v) is 2.11. The van der Waals surface area contributed by atoms with Crippen LogP contribution < -0.4 is 0 Å². The van der Waals surface area contributed by atoms with Crippen LogP contribution in [0, 0.1) is 6.92 Å². The molecular weight excluding hydrogens is 199 g/mol. The van der Waals surface area contributed by atoms with Gasteiger partial charge in [0, 0.05) is 5.69 Å². The first kappa shape index (κ1) is 10.1. The lowest BCUT2D eigenvalue weighted by Crippen LogP contribution is -2.19. The maximum absolute atomic E-state index is 13.5. The largest absolute Gasteiger partial charge is 0.478 e. The third kappa shape index (κ3) is 1.62. The van der Waals surface area contributed by atoms with Crippen LogP contribution in [0.3, 0.4) is 0 Å². The fraction of sp³-hybridized carbons (Fsp3) is 0.600. The molecule has 1 aliphatic rings. The van der Waals surface area contributed by atoms with Gasteiger partial charge in [-0.15, -0.1) is 0 Å². The number of carboxylic acids is 1. The van der Waals surface area contributed by atoms with Gasteiger partial charge in [-0.1, -0.05) is 0 Å². The molecule has 0 aliphatic heterocycles. The summed E-state index contributed by atoms with van der Waals surface area (Å²) < 4.78 is 14.7. The van der Waals surface area contributed by atoms with Crippen LogP contribution in [-0.4, -0.2) is 20.6 Å². The van der Waals surface area contributed by atoms with Gasteiger partial charge in [-0.05, 0) is 32.6 Å². The number of aromatic nitrogens is 2. The molecule has 5 heteroatoms. The van der Waals surface area contributed by atoms with E-state index in [1.54, 1.807) is 6.92 Å². The molecule has 0 bridgehead atoms. The normalized spacial score (nSPS) is 17.2. The third-order valence-electron chi connectivity index (χ3n) is 2.78. The Kier molecular flexibility index (Phi) is 2.46. The molecule has 1 atom stereocenters. The van der Waals surface area contributed by atoms with E-state index in [1.807, 2.05) is 0 Å². The van der Waals surface area contributed by atoms with Crippen molar-refractivity contribution >= 4 is 5.97 Å². The van der Waals surface area contributed by atoms with Crippen molar-refractivity contribution in [3.63, 3.8) is 0 Å². The quantitative estimate of drug-likeness (QED) is 0.810. The molecule has 1 aromatic heterocycles. The number of alkyl halides is 1. The molecule has 0 saturated carbocycles. The Balaban J connectivity index is 2.46. The number of carboxylic acid groups (broad SMARTS) is 1. The molecule has 0 spiro atoms. The number of halogens is 1. The van der Waals surface area contributed by atoms with E-state index in [1.165, 1.54) is 4.57 Å². The zero-order valence-electron chi connectivity index (χ0n) is 8.53. The third-order valence-corrected chi connectivity index (χ3v) is 2.78. The molecule has 0 fully saturated rings. The predicted molar refractivity (Wildman–Crippen MR) is 51.4 cm³/mol. The van der Waals surface area contributed by atoms with Crippen molar-refractivity contribution in [2.24, 2.45) is 0 Å². The topological polar surface area (TPSA) is 55.1 Å². The molecular formula is C10H13FN2O2. The van der Waals surface area contributed by atoms with Crippen LogP contribution in [0.15, 0.2) is 0 Å². The Bertz CT molecular complexity index is 400. The van der Waals surface area contributed by atoms with Crippen molar-refractivity contribution < 1.29 is 14.3 Å². The highest BCUT2D eigenvalue weighted by molar-refractivity contribution is 5.70. The van der Waals surface area contributed by atoms with Crippen LogP contribution in [0.1, 0.15) is 36.3 Å². The zero-order valence-corrected chi connectivity index (χ0v) is 8.53. The summed E-state index contributed by atoms with van der Waals surface area (Å²) in [7, 11) is 0. The summed E-state index contributed by atoms with van der Waals surface area (Å²) in [6, 6.07) is 0. The first-order valence-electron chi connectivity index (χ1n) is 5.04. The monoisotopic (exact) mass is 212 g/mol. The molecule has 1 aliphatic carbocycles. The van der Waals surface area contributed by atoms with Crippen molar-refractivity contribution in [2.45, 2.75) is 38.9 Å². The number of aliphatic carboxylic acids is 1. The van der Waals surface area contributed by atoms with Gasteiger partial charge in [-0.25, -0.2) is 14.2 Å². The average molecular weight is 212 g/mol. The zero-order chi connectivity index (χ0) is 11.0. The van der Waals surface area contributed by atoms with E-state index < -0.39 is 12.3 Å². The van der Waals surface area contributed by atoms with Gasteiger partial charge in [0.2, 0.25) is 0 Å². The van der Waals surface area contributed by atoms with E-state index in [4.69, 9.17) is 5.11 Å². The number of aryl methyl sites for hydroxylation is 2. The lowest BCUT2D eigenvalue weighted by molar-refractivity contribution is -0.146. The molecule has 1 unspecified atom stereocenters. The molecule has 82 valence electrons. The van der Waals surface area contributed by atoms with Crippen molar-refractivity contribution in [3.8, 4) is 0 Å². The Labute approximate surface area is 86.7 Å². The molecule has 15 heavy (non-hydrogen) atoms. The van der Waals surface area contributed by atoms with Gasteiger partial charge in [0.05, 0.1) is 5.69 Å². The molecule has 0 radical (unpaired) electrons. The number of hydrogen-bond donors (Lipinski definition) is 1. The minimum absolute atomic E-state index is 0.455. The Morgan fingerprint density at radius 2 is 2.20 bits per heavy atom. The van der Waals surface area contributed by atoms with E-state index in [9.17, 15) is 9.18 Å². The summed E-state index contributed by atoms with van der Waals surface area (Å²) >= 11 is 0. The second kappa shape index (κ2) is 3.64. The highest BCUT2D eigenvalue weighted by Gasteiger charge is 2.26. The lowest BCUT2D eigenvalue weighted by Gasteiger charge is -2.15. The lowest BCUT2D eigenvalue weighted by atomic mass is 10.0. The Morgan fingerprint density at radius 3 is 2.87 bits per heavy atom. The highest BCUT2D eigenvalue weighted by Crippen LogP contribution is 2.25. The maximum Gasteiger partial charge on any atom is 0.359 e. The first-order chi connectivity index (χ1) is 7.11. The smallest absolute Gasteiger partial charge is 0.359 e. The maximum atomic E-state index is 13.5. The van der Waals surface area contributed by atoms with Gasteiger partial charge in [0.1, 0.15) is 5.82 Å². The van der Waals surface area contributed by atoms with Crippen LogP contribution in [0.2, 0.25) is 0 Å². The number of imidazole rings is 1. The average Bonchev–Trinajstić information content (AvgIpc) is 2.52. The van der Waals surface area contributed by atoms with Gasteiger partial charge < -0.3 is 5.11 Å². The summed E-state index contributed by atoms with van der Waals surface area (Å²) in [6.07, 6.45) is 1.58. The number of fused-ring (bicyclic) bond motifs is 1. The van der Waals surface area contributed by atoms with Gasteiger partial charge >= 0.3 is 5.97 Å². The fourth-order valence-electron chi connectivity index (χ4n) is 2.11. The SMILES string of the molecule is Cc1nc2c(n1C(F)C(=O)O)CCCC2. The molecule has 0 saturated heterocycles. The molecule has 1 heterocycles. The first-order valence-corrected chi connectivity index (χ1v) is 5.04. The van der Waals surface area contributed by atoms with Crippen molar-refractivity contribution in [1.29, 1.82) is 0 Å². The van der Waals surface area contributed by atoms with Crippen molar-refractivity contribution in [2.75, 3.05) is 0 Å². The standard InChI is InChI=1S/C10H13FN2O2/c1-6-12-7-4-2-3-5-8(7)13(6)9(11)10(14)15/h9H,2-5H2,1H3,(H,14,15). The number of carbonyl (C=O) groups is 1. The van der Waals surface area contributed by atoms with E-state index in [0.717, 1.165) is 37.1 Å². The number of hydrogen-bond acceptors (Lipinski definition) is 2. The van der Waals surface area contributed by atoms with E-state index in [-0.39, 0.29) is 0 Å². The minimum atomic E-state index is -2.00. The molecule has 2 rings (SSSR count). The molecule has 0 aromatic carbocycles. The summed E-state index contributed by atoms with van der Waals surface area (Å²) in [5.41, 5.74) is 1.62. The second-order valence-electron chi connectivity index (χ2n) is 3.80. The summed E-state index contributed by atoms with van der Waals surface area (Å²) in [5, 5.41) is 8.66. The van der Waals surface area contributed by atoms with E-state index in [2.05, 4.69) is 4.98 Å². The van der Waals surface area contributed by atoms with Gasteiger partial charge in [-0.2, -0.15) is 0 Å². The van der Waals surface area contributed by atoms with E-state index >= 15 is 0 Å². The van der Waals surface area contributed by atoms with Gasteiger partial charge in [0.15, 0.2) is 0 Å². The van der Waals surface area contributed by atoms with E-state index in [0.29, 0.717) is 5.82 Å². The van der Waals surface area contributed by atoms with Crippen LogP contribution in [0.4, 0.5) is 4.39 Å². The Hall–Kier alpha value is -1.39. The molecule has 4 nitrogen and oxygen atoms in total. The van der Waals surface area contributed by atoms with Crippen LogP contribution in [-0.2, 0) is 17.6 Å². The van der Waals surface area contributed by atoms with Gasteiger partial charge in [-0.3, -0.25) is 4.57 Å². The Morgan fingerprint density at radius 1 is 1.53 bits per heavy atom. The van der Waals surface area contributed by atoms with Gasteiger partial charge in [0.25, 0.3) is 6.30 Å².